The van der Waals surface area contributed by atoms with Crippen molar-refractivity contribution in [3.63, 3.8) is 0 Å². The van der Waals surface area contributed by atoms with Crippen LogP contribution < -0.4 is 5.01 Å². The Morgan fingerprint density at radius 3 is 2.10 bits per heavy atom. The van der Waals surface area contributed by atoms with Crippen LogP contribution in [0.3, 0.4) is 0 Å². The summed E-state index contributed by atoms with van der Waals surface area (Å²) in [6, 6.07) is 42.7. The second-order valence-corrected chi connectivity index (χ2v) is 10.1. The van der Waals surface area contributed by atoms with Crippen LogP contribution in [0, 0.1) is 10.1 Å². The normalized spacial score (nSPS) is 16.5. The molecular formula is C35H25N3O2. The first-order valence-corrected chi connectivity index (χ1v) is 13.3. The molecule has 0 aromatic heterocycles. The highest BCUT2D eigenvalue weighted by Crippen LogP contribution is 2.46. The number of nitro groups is 1. The Hall–Kier alpha value is -5.29. The second kappa shape index (κ2) is 9.79. The fraction of sp³-hybridized carbons (Fsp3) is 0.0571. The second-order valence-electron chi connectivity index (χ2n) is 10.1. The lowest BCUT2D eigenvalue weighted by atomic mass is 9.98. The molecule has 5 nitrogen and oxygen atoms in total. The van der Waals surface area contributed by atoms with E-state index in [2.05, 4.69) is 83.9 Å². The third-order valence-electron chi connectivity index (χ3n) is 7.68. The lowest BCUT2D eigenvalue weighted by Crippen LogP contribution is -2.18. The number of benzene rings is 5. The van der Waals surface area contributed by atoms with Crippen LogP contribution in [0.25, 0.3) is 22.8 Å². The summed E-state index contributed by atoms with van der Waals surface area (Å²) in [5, 5.41) is 18.7. The lowest BCUT2D eigenvalue weighted by Gasteiger charge is -2.24. The summed E-state index contributed by atoms with van der Waals surface area (Å²) in [5.41, 5.74) is 10.7. The molecule has 0 saturated carbocycles. The van der Waals surface area contributed by atoms with Crippen LogP contribution in [-0.2, 0) is 0 Å². The molecule has 0 bridgehead atoms. The number of hydrogen-bond donors (Lipinski definition) is 0. The van der Waals surface area contributed by atoms with Crippen LogP contribution in [0.5, 0.6) is 0 Å². The third-order valence-corrected chi connectivity index (χ3v) is 7.68. The third kappa shape index (κ3) is 4.18. The number of fused-ring (bicyclic) bond motifs is 3. The maximum atomic E-state index is 11.5. The molecule has 1 aliphatic carbocycles. The van der Waals surface area contributed by atoms with Crippen LogP contribution in [-0.4, -0.2) is 10.6 Å². The topological polar surface area (TPSA) is 58.7 Å². The lowest BCUT2D eigenvalue weighted by molar-refractivity contribution is -0.384. The quantitative estimate of drug-likeness (QED) is 0.169. The Labute approximate surface area is 232 Å². The fourth-order valence-corrected chi connectivity index (χ4v) is 5.74. The van der Waals surface area contributed by atoms with Crippen molar-refractivity contribution in [2.75, 3.05) is 5.01 Å². The summed E-state index contributed by atoms with van der Waals surface area (Å²) in [5.74, 6) is 0. The molecule has 0 fully saturated rings. The van der Waals surface area contributed by atoms with Crippen LogP contribution in [0.2, 0.25) is 0 Å². The zero-order valence-corrected chi connectivity index (χ0v) is 21.6. The predicted molar refractivity (Wildman–Crippen MR) is 161 cm³/mol. The van der Waals surface area contributed by atoms with E-state index in [1.807, 2.05) is 42.5 Å². The molecule has 2 aliphatic rings. The molecule has 0 spiro atoms. The highest BCUT2D eigenvalue weighted by molar-refractivity contribution is 6.07. The van der Waals surface area contributed by atoms with Gasteiger partial charge >= 0.3 is 0 Å². The Balaban J connectivity index is 1.26. The van der Waals surface area contributed by atoms with Crippen molar-refractivity contribution >= 4 is 28.7 Å². The molecule has 192 valence electrons. The monoisotopic (exact) mass is 519 g/mol. The van der Waals surface area contributed by atoms with E-state index in [1.165, 1.54) is 5.56 Å². The van der Waals surface area contributed by atoms with Crippen molar-refractivity contribution in [2.45, 2.75) is 12.5 Å². The van der Waals surface area contributed by atoms with Gasteiger partial charge < -0.3 is 0 Å². The van der Waals surface area contributed by atoms with Gasteiger partial charge in [-0.25, -0.2) is 0 Å². The number of nitro benzene ring substituents is 1. The van der Waals surface area contributed by atoms with Crippen molar-refractivity contribution < 1.29 is 4.92 Å². The number of nitrogens with zero attached hydrogens (tertiary/aromatic N) is 3. The molecule has 0 N–H and O–H groups in total. The number of hydrazone groups is 1. The first-order chi connectivity index (χ1) is 19.7. The first kappa shape index (κ1) is 23.8. The predicted octanol–water partition coefficient (Wildman–Crippen LogP) is 8.52. The SMILES string of the molecule is O=[N+]([O-])c1ccc2c(c1)/C(=C/c1ccc(N3N=C(c4ccccc4)C[C@H]3c3ccccc3)cc1)c1ccccc1-2. The largest absolute Gasteiger partial charge is 0.270 e. The van der Waals surface area contributed by atoms with Gasteiger partial charge in [0.2, 0.25) is 0 Å². The molecule has 40 heavy (non-hydrogen) atoms. The van der Waals surface area contributed by atoms with Crippen LogP contribution in [0.15, 0.2) is 132 Å². The number of rotatable bonds is 5. The van der Waals surface area contributed by atoms with Gasteiger partial charge in [-0.15, -0.1) is 0 Å². The van der Waals surface area contributed by atoms with Crippen LogP contribution >= 0.6 is 0 Å². The van der Waals surface area contributed by atoms with Crippen LogP contribution in [0.1, 0.15) is 40.3 Å². The van der Waals surface area contributed by atoms with Gasteiger partial charge in [0.1, 0.15) is 0 Å². The smallest absolute Gasteiger partial charge is 0.258 e. The Morgan fingerprint density at radius 1 is 0.725 bits per heavy atom. The number of hydrogen-bond acceptors (Lipinski definition) is 4. The molecular weight excluding hydrogens is 494 g/mol. The van der Waals surface area contributed by atoms with Gasteiger partial charge in [-0.05, 0) is 68.8 Å². The summed E-state index contributed by atoms with van der Waals surface area (Å²) >= 11 is 0. The Kier molecular flexibility index (Phi) is 5.82. The molecule has 7 rings (SSSR count). The van der Waals surface area contributed by atoms with Gasteiger partial charge in [-0.3, -0.25) is 15.1 Å². The standard InChI is InChI=1S/C35H25N3O2/c39-38(40)28-19-20-31-29-13-7-8-14-30(29)32(33(31)22-28)21-24-15-17-27(18-16-24)37-35(26-11-5-2-6-12-26)23-34(36-37)25-9-3-1-4-10-25/h1-22,35H,23H2/b32-21+/t35-/m0/s1. The highest BCUT2D eigenvalue weighted by Gasteiger charge is 2.30. The molecule has 1 atom stereocenters. The fourth-order valence-electron chi connectivity index (χ4n) is 5.74. The molecule has 5 aromatic rings. The van der Waals surface area contributed by atoms with Gasteiger partial charge in [0, 0.05) is 18.6 Å². The first-order valence-electron chi connectivity index (χ1n) is 13.3. The van der Waals surface area contributed by atoms with Gasteiger partial charge in [-0.1, -0.05) is 97.1 Å². The molecule has 1 heterocycles. The average Bonchev–Trinajstić information content (AvgIpc) is 3.59. The molecule has 1 aliphatic heterocycles. The van der Waals surface area contributed by atoms with E-state index in [4.69, 9.17) is 5.10 Å². The van der Waals surface area contributed by atoms with Crippen molar-refractivity contribution in [3.05, 3.63) is 165 Å². The number of anilines is 1. The van der Waals surface area contributed by atoms with Crippen LogP contribution in [0.4, 0.5) is 11.4 Å². The summed E-state index contributed by atoms with van der Waals surface area (Å²) in [6.07, 6.45) is 2.95. The summed E-state index contributed by atoms with van der Waals surface area (Å²) in [4.78, 5) is 11.2. The highest BCUT2D eigenvalue weighted by atomic mass is 16.6. The minimum atomic E-state index is -0.334. The number of non-ortho nitro benzene ring substituents is 1. The molecule has 5 aromatic carbocycles. The van der Waals surface area contributed by atoms with Gasteiger partial charge in [0.25, 0.3) is 5.69 Å². The minimum Gasteiger partial charge on any atom is -0.258 e. The van der Waals surface area contributed by atoms with E-state index in [0.29, 0.717) is 0 Å². The molecule has 0 radical (unpaired) electrons. The van der Waals surface area contributed by atoms with Crippen molar-refractivity contribution in [1.29, 1.82) is 0 Å². The Bertz CT molecular complexity index is 1790. The van der Waals surface area contributed by atoms with E-state index >= 15 is 0 Å². The van der Waals surface area contributed by atoms with Gasteiger partial charge in [0.05, 0.1) is 22.4 Å². The van der Waals surface area contributed by atoms with Crippen molar-refractivity contribution in [1.82, 2.24) is 0 Å². The minimum absolute atomic E-state index is 0.0980. The Morgan fingerprint density at radius 2 is 1.38 bits per heavy atom. The summed E-state index contributed by atoms with van der Waals surface area (Å²) in [7, 11) is 0. The zero-order chi connectivity index (χ0) is 27.1. The van der Waals surface area contributed by atoms with E-state index in [9.17, 15) is 10.1 Å². The maximum Gasteiger partial charge on any atom is 0.270 e. The van der Waals surface area contributed by atoms with Gasteiger partial charge in [0.15, 0.2) is 0 Å². The van der Waals surface area contributed by atoms with E-state index in [1.54, 1.807) is 12.1 Å². The summed E-state index contributed by atoms with van der Waals surface area (Å²) in [6.45, 7) is 0. The van der Waals surface area contributed by atoms with E-state index in [0.717, 1.165) is 56.8 Å². The van der Waals surface area contributed by atoms with Gasteiger partial charge in [-0.2, -0.15) is 5.10 Å². The van der Waals surface area contributed by atoms with E-state index < -0.39 is 0 Å². The molecule has 0 amide bonds. The molecule has 0 unspecified atom stereocenters. The summed E-state index contributed by atoms with van der Waals surface area (Å²) < 4.78 is 0. The molecule has 0 saturated heterocycles. The molecule has 5 heteroatoms. The zero-order valence-electron chi connectivity index (χ0n) is 21.6. The van der Waals surface area contributed by atoms with Crippen molar-refractivity contribution in [2.24, 2.45) is 5.10 Å². The van der Waals surface area contributed by atoms with E-state index in [-0.39, 0.29) is 16.7 Å². The maximum absolute atomic E-state index is 11.5. The van der Waals surface area contributed by atoms with Crippen molar-refractivity contribution in [3.8, 4) is 11.1 Å². The average molecular weight is 520 g/mol.